The van der Waals surface area contributed by atoms with Gasteiger partial charge in [0, 0.05) is 16.9 Å². The molecule has 40 heavy (non-hydrogen) atoms. The van der Waals surface area contributed by atoms with Gasteiger partial charge >= 0.3 is 0 Å². The van der Waals surface area contributed by atoms with Gasteiger partial charge in [0.1, 0.15) is 6.20 Å². The summed E-state index contributed by atoms with van der Waals surface area (Å²) in [5.41, 5.74) is 8.52. The van der Waals surface area contributed by atoms with E-state index in [0.29, 0.717) is 28.0 Å². The Labute approximate surface area is 233 Å². The molecule has 1 atom stereocenters. The van der Waals surface area contributed by atoms with Crippen LogP contribution >= 0.6 is 11.3 Å². The molecule has 1 unspecified atom stereocenters. The lowest BCUT2D eigenvalue weighted by molar-refractivity contribution is -0.513. The predicted octanol–water partition coefficient (Wildman–Crippen LogP) is 3.69. The lowest BCUT2D eigenvalue weighted by atomic mass is 10.0. The van der Waals surface area contributed by atoms with Gasteiger partial charge in [0.05, 0.1) is 33.7 Å². The first-order valence-electron chi connectivity index (χ1n) is 12.5. The van der Waals surface area contributed by atoms with Crippen LogP contribution in [-0.4, -0.2) is 25.4 Å². The fraction of sp³-hybridized carbons (Fsp3) is 0.100. The number of pyridine rings is 1. The van der Waals surface area contributed by atoms with Crippen molar-refractivity contribution in [3.63, 3.8) is 0 Å². The molecule has 6 rings (SSSR count). The first-order valence-corrected chi connectivity index (χ1v) is 13.3. The number of aryl methyl sites for hydroxylation is 1. The highest BCUT2D eigenvalue weighted by Gasteiger charge is 2.25. The Morgan fingerprint density at radius 3 is 2.75 bits per heavy atom. The highest BCUT2D eigenvalue weighted by Crippen LogP contribution is 2.24. The fourth-order valence-electron chi connectivity index (χ4n) is 4.72. The molecule has 196 valence electrons. The Bertz CT molecular complexity index is 2030. The third-order valence-corrected chi connectivity index (χ3v) is 7.41. The number of nitrogens with one attached hydrogen (secondary N) is 2. The number of aromatic nitrogens is 5. The van der Waals surface area contributed by atoms with E-state index in [1.807, 2.05) is 68.4 Å². The van der Waals surface area contributed by atoms with Crippen LogP contribution in [0.1, 0.15) is 44.5 Å². The quantitative estimate of drug-likeness (QED) is 0.230. The molecule has 0 spiro atoms. The van der Waals surface area contributed by atoms with Gasteiger partial charge in [-0.3, -0.25) is 19.1 Å². The largest absolute Gasteiger partial charge is 0.369 e. The van der Waals surface area contributed by atoms with E-state index in [2.05, 4.69) is 32.1 Å². The number of anilines is 1. The van der Waals surface area contributed by atoms with Crippen molar-refractivity contribution in [2.45, 2.75) is 19.9 Å². The van der Waals surface area contributed by atoms with Crippen molar-refractivity contribution in [3.8, 4) is 17.5 Å². The van der Waals surface area contributed by atoms with Crippen molar-refractivity contribution in [2.75, 3.05) is 5.73 Å². The molecule has 0 saturated carbocycles. The van der Waals surface area contributed by atoms with Crippen molar-refractivity contribution in [1.29, 1.82) is 0 Å². The maximum Gasteiger partial charge on any atom is 0.264 e. The minimum Gasteiger partial charge on any atom is -0.369 e. The molecule has 0 aliphatic carbocycles. The van der Waals surface area contributed by atoms with Crippen molar-refractivity contribution in [2.24, 2.45) is 0 Å². The molecule has 4 heterocycles. The van der Waals surface area contributed by atoms with Gasteiger partial charge in [-0.25, -0.2) is 9.38 Å². The topological polar surface area (TPSA) is 123 Å². The smallest absolute Gasteiger partial charge is 0.264 e. The molecular formula is C30H24N7O2S+. The minimum atomic E-state index is -0.561. The summed E-state index contributed by atoms with van der Waals surface area (Å²) in [4.78, 5) is 39.9. The molecule has 10 heteroatoms. The molecule has 4 N–H and O–H groups in total. The lowest BCUT2D eigenvalue weighted by Crippen LogP contribution is -2.34. The summed E-state index contributed by atoms with van der Waals surface area (Å²) in [5.74, 6) is 6.00. The van der Waals surface area contributed by atoms with Gasteiger partial charge in [0.25, 0.3) is 11.5 Å². The fourth-order valence-corrected chi connectivity index (χ4v) is 5.35. The molecule has 0 fully saturated rings. The Morgan fingerprint density at radius 1 is 1.15 bits per heavy atom. The number of thiazole rings is 1. The zero-order valence-corrected chi connectivity index (χ0v) is 22.5. The van der Waals surface area contributed by atoms with Crippen LogP contribution in [0.4, 0.5) is 5.82 Å². The van der Waals surface area contributed by atoms with Gasteiger partial charge in [-0.1, -0.05) is 41.2 Å². The van der Waals surface area contributed by atoms with Gasteiger partial charge in [-0.2, -0.15) is 0 Å². The first kappa shape index (κ1) is 25.0. The van der Waals surface area contributed by atoms with E-state index in [0.717, 1.165) is 15.3 Å². The number of hydrogen-bond acceptors (Lipinski definition) is 6. The monoisotopic (exact) mass is 546 g/mol. The molecule has 0 saturated heterocycles. The number of nitrogens with two attached hydrogens (primary N) is 1. The van der Waals surface area contributed by atoms with Crippen LogP contribution in [0.3, 0.4) is 0 Å². The number of nitrogens with zero attached hydrogens (tertiary/aromatic N) is 4. The van der Waals surface area contributed by atoms with Crippen LogP contribution in [0.25, 0.3) is 22.1 Å². The molecule has 6 aromatic rings. The van der Waals surface area contributed by atoms with Gasteiger partial charge < -0.3 is 11.1 Å². The zero-order chi connectivity index (χ0) is 27.8. The molecule has 1 amide bonds. The molecule has 2 aromatic carbocycles. The van der Waals surface area contributed by atoms with Crippen molar-refractivity contribution >= 4 is 39.5 Å². The standard InChI is InChI=1S/C30H23N7O2S/c1-18(35-29(38)26-27(31)34-17-36-14-13-32-28(26)36)24-15-21-8-6-7-20(11-12-23-16-33-19(2)40-23)25(21)30(39)37(24)22-9-4-3-5-10-22/h3-10,13-18H,1-2H3,(H3,31,32,35,38)/p+1. The lowest BCUT2D eigenvalue weighted by Gasteiger charge is -2.21. The summed E-state index contributed by atoms with van der Waals surface area (Å²) >= 11 is 1.50. The molecule has 0 bridgehead atoms. The molecule has 0 radical (unpaired) electrons. The predicted molar refractivity (Wildman–Crippen MR) is 154 cm³/mol. The Hall–Kier alpha value is -5.27. The van der Waals surface area contributed by atoms with Gasteiger partial charge in [-0.15, -0.1) is 11.3 Å². The Morgan fingerprint density at radius 2 is 1.98 bits per heavy atom. The number of imidazole rings is 1. The van der Waals surface area contributed by atoms with E-state index in [9.17, 15) is 9.59 Å². The van der Waals surface area contributed by atoms with Crippen molar-refractivity contribution in [1.82, 2.24) is 24.8 Å². The second kappa shape index (κ2) is 10.1. The number of carbonyl (C=O) groups is 1. The average Bonchev–Trinajstić information content (AvgIpc) is 3.60. The number of carbonyl (C=O) groups excluding carboxylic acids is 1. The van der Waals surface area contributed by atoms with E-state index in [-0.39, 0.29) is 16.9 Å². The summed E-state index contributed by atoms with van der Waals surface area (Å²) in [7, 11) is 0. The number of fused-ring (bicyclic) bond motifs is 2. The van der Waals surface area contributed by atoms with E-state index >= 15 is 0 Å². The summed E-state index contributed by atoms with van der Waals surface area (Å²) in [6.07, 6.45) is 6.71. The van der Waals surface area contributed by atoms with E-state index in [1.54, 1.807) is 27.6 Å². The molecule has 0 aliphatic rings. The number of hydrogen-bond donors (Lipinski definition) is 3. The minimum absolute atomic E-state index is 0.102. The summed E-state index contributed by atoms with van der Waals surface area (Å²) < 4.78 is 3.31. The highest BCUT2D eigenvalue weighted by atomic mass is 32.1. The van der Waals surface area contributed by atoms with Gasteiger partial charge in [0.15, 0.2) is 5.56 Å². The number of aromatic amines is 1. The van der Waals surface area contributed by atoms with Crippen LogP contribution in [0.15, 0.2) is 84.3 Å². The van der Waals surface area contributed by atoms with Gasteiger partial charge in [-0.05, 0) is 49.4 Å². The van der Waals surface area contributed by atoms with Crippen LogP contribution in [0.2, 0.25) is 0 Å². The van der Waals surface area contributed by atoms with Crippen LogP contribution in [-0.2, 0) is 0 Å². The van der Waals surface area contributed by atoms with Crippen molar-refractivity contribution < 1.29 is 9.20 Å². The molecule has 9 nitrogen and oxygen atoms in total. The summed E-state index contributed by atoms with van der Waals surface area (Å²) in [6.45, 7) is 3.76. The van der Waals surface area contributed by atoms with Crippen LogP contribution in [0, 0.1) is 18.8 Å². The Balaban J connectivity index is 1.48. The number of benzene rings is 2. The van der Waals surface area contributed by atoms with E-state index < -0.39 is 11.9 Å². The maximum atomic E-state index is 14.2. The number of amides is 1. The normalized spacial score (nSPS) is 11.8. The van der Waals surface area contributed by atoms with Crippen LogP contribution in [0.5, 0.6) is 0 Å². The van der Waals surface area contributed by atoms with Crippen molar-refractivity contribution in [3.05, 3.63) is 117 Å². The average molecular weight is 547 g/mol. The molecule has 0 aliphatic heterocycles. The second-order valence-electron chi connectivity index (χ2n) is 9.22. The van der Waals surface area contributed by atoms with Gasteiger partial charge in [0.2, 0.25) is 17.8 Å². The van der Waals surface area contributed by atoms with Crippen LogP contribution < -0.4 is 21.0 Å². The Kier molecular flexibility index (Phi) is 6.34. The number of H-pyrrole nitrogens is 1. The number of nitrogen functional groups attached to an aromatic ring is 1. The molecule has 4 aromatic heterocycles. The third kappa shape index (κ3) is 4.48. The number of para-hydroxylation sites is 1. The second-order valence-corrected chi connectivity index (χ2v) is 10.5. The van der Waals surface area contributed by atoms with E-state index in [4.69, 9.17) is 5.73 Å². The zero-order valence-electron chi connectivity index (χ0n) is 21.7. The SMILES string of the molecule is Cc1ncc(C#Cc2cccc3cc(C(C)NC(=O)c4c(N)nc[n+]5cc[nH]c45)n(-c4ccccc4)c(=O)c23)s1. The summed E-state index contributed by atoms with van der Waals surface area (Å²) in [6, 6.07) is 16.3. The first-order chi connectivity index (χ1) is 19.4. The highest BCUT2D eigenvalue weighted by molar-refractivity contribution is 7.12. The summed E-state index contributed by atoms with van der Waals surface area (Å²) in [5, 5.41) is 5.17. The maximum absolute atomic E-state index is 14.2. The number of rotatable bonds is 4. The third-order valence-electron chi connectivity index (χ3n) is 6.58. The molecular weight excluding hydrogens is 522 g/mol. The van der Waals surface area contributed by atoms with E-state index in [1.165, 1.54) is 17.7 Å².